The Labute approximate surface area is 198 Å². The molecule has 0 radical (unpaired) electrons. The lowest BCUT2D eigenvalue weighted by Gasteiger charge is -2.13. The van der Waals surface area contributed by atoms with E-state index in [0.29, 0.717) is 12.1 Å². The number of carbonyl (C=O) groups is 1. The normalized spacial score (nSPS) is 11.8. The molecule has 4 aromatic rings. The highest BCUT2D eigenvalue weighted by molar-refractivity contribution is 7.15. The van der Waals surface area contributed by atoms with Crippen LogP contribution in [0.15, 0.2) is 72.9 Å². The molecule has 35 heavy (non-hydrogen) atoms. The van der Waals surface area contributed by atoms with E-state index in [1.54, 1.807) is 18.2 Å². The van der Waals surface area contributed by atoms with Gasteiger partial charge in [-0.05, 0) is 42.5 Å². The van der Waals surface area contributed by atoms with E-state index in [2.05, 4.69) is 15.4 Å². The minimum absolute atomic E-state index is 0.103. The molecule has 12 heteroatoms. The van der Waals surface area contributed by atoms with Gasteiger partial charge in [-0.25, -0.2) is 4.98 Å². The molecule has 2 aromatic carbocycles. The first-order valence-corrected chi connectivity index (χ1v) is 10.6. The Morgan fingerprint density at radius 1 is 0.886 bits per heavy atom. The molecule has 4 rings (SSSR count). The highest BCUT2D eigenvalue weighted by Crippen LogP contribution is 2.45. The lowest BCUT2D eigenvalue weighted by atomic mass is 10.1. The number of amides is 1. The molecule has 5 nitrogen and oxygen atoms in total. The molecule has 0 unspecified atom stereocenters. The van der Waals surface area contributed by atoms with E-state index in [-0.39, 0.29) is 33.9 Å². The standard InChI is InChI=1S/C23H13F6N3O2S/c24-22(25,26)14-9-10-17(34-32-20(33)13-6-2-1-3-7-13)15(12-14)21-31-18(16-8-4-5-11-30-16)19(35-21)23(27,28)29/h1-12H,(H,32,33). The van der Waals surface area contributed by atoms with Crippen LogP contribution in [-0.2, 0) is 12.4 Å². The van der Waals surface area contributed by atoms with Crippen molar-refractivity contribution in [3.05, 3.63) is 88.9 Å². The average Bonchev–Trinajstić information content (AvgIpc) is 3.29. The number of nitrogens with zero attached hydrogens (tertiary/aromatic N) is 2. The number of hydrogen-bond donors (Lipinski definition) is 1. The molecule has 0 aliphatic heterocycles. The van der Waals surface area contributed by atoms with Crippen molar-refractivity contribution in [2.45, 2.75) is 12.4 Å². The molecule has 2 heterocycles. The van der Waals surface area contributed by atoms with Crippen molar-refractivity contribution in [2.24, 2.45) is 0 Å². The van der Waals surface area contributed by atoms with Crippen molar-refractivity contribution in [3.63, 3.8) is 0 Å². The number of hydrogen-bond acceptors (Lipinski definition) is 5. The summed E-state index contributed by atoms with van der Waals surface area (Å²) < 4.78 is 81.4. The summed E-state index contributed by atoms with van der Waals surface area (Å²) in [6.45, 7) is 0. The molecular weight excluding hydrogens is 496 g/mol. The van der Waals surface area contributed by atoms with Gasteiger partial charge in [0.2, 0.25) is 0 Å². The van der Waals surface area contributed by atoms with Crippen LogP contribution in [0, 0.1) is 0 Å². The zero-order chi connectivity index (χ0) is 25.2. The van der Waals surface area contributed by atoms with Crippen molar-refractivity contribution in [1.29, 1.82) is 0 Å². The first-order valence-electron chi connectivity index (χ1n) is 9.77. The smallest absolute Gasteiger partial charge is 0.378 e. The lowest BCUT2D eigenvalue weighted by molar-refractivity contribution is -0.137. The van der Waals surface area contributed by atoms with Gasteiger partial charge < -0.3 is 4.84 Å². The van der Waals surface area contributed by atoms with Crippen molar-refractivity contribution in [3.8, 4) is 27.7 Å². The minimum atomic E-state index is -4.84. The number of aromatic nitrogens is 2. The van der Waals surface area contributed by atoms with Crippen LogP contribution in [0.3, 0.4) is 0 Å². The van der Waals surface area contributed by atoms with Crippen LogP contribution in [0.5, 0.6) is 5.75 Å². The summed E-state index contributed by atoms with van der Waals surface area (Å²) in [5.41, 5.74) is 0.144. The van der Waals surface area contributed by atoms with Gasteiger partial charge in [0.05, 0.1) is 16.8 Å². The van der Waals surface area contributed by atoms with E-state index in [0.717, 1.165) is 6.07 Å². The fourth-order valence-electron chi connectivity index (χ4n) is 3.02. The summed E-state index contributed by atoms with van der Waals surface area (Å²) in [7, 11) is 0. The summed E-state index contributed by atoms with van der Waals surface area (Å²) >= 11 is 0.142. The molecule has 1 amide bonds. The Hall–Kier alpha value is -3.93. The van der Waals surface area contributed by atoms with Gasteiger partial charge in [-0.15, -0.1) is 11.3 Å². The van der Waals surface area contributed by atoms with Gasteiger partial charge in [0, 0.05) is 11.8 Å². The summed E-state index contributed by atoms with van der Waals surface area (Å²) in [6.07, 6.45) is -8.35. The SMILES string of the molecule is O=C(NOc1ccc(C(F)(F)F)cc1-c1nc(-c2ccccn2)c(C(F)(F)F)s1)c1ccccc1. The van der Waals surface area contributed by atoms with Crippen molar-refractivity contribution in [2.75, 3.05) is 0 Å². The third-order valence-electron chi connectivity index (χ3n) is 4.62. The van der Waals surface area contributed by atoms with Gasteiger partial charge in [-0.3, -0.25) is 9.78 Å². The number of nitrogens with one attached hydrogen (secondary N) is 1. The Morgan fingerprint density at radius 2 is 1.60 bits per heavy atom. The molecule has 0 aliphatic rings. The second kappa shape index (κ2) is 9.37. The number of thiazole rings is 1. The van der Waals surface area contributed by atoms with Crippen LogP contribution in [-0.4, -0.2) is 15.9 Å². The summed E-state index contributed by atoms with van der Waals surface area (Å²) in [5, 5.41) is -0.395. The molecule has 0 spiro atoms. The van der Waals surface area contributed by atoms with Gasteiger partial charge in [-0.2, -0.15) is 31.8 Å². The van der Waals surface area contributed by atoms with E-state index in [1.807, 2.05) is 0 Å². The van der Waals surface area contributed by atoms with Crippen LogP contribution >= 0.6 is 11.3 Å². The predicted molar refractivity (Wildman–Crippen MR) is 115 cm³/mol. The second-order valence-electron chi connectivity index (χ2n) is 7.02. The topological polar surface area (TPSA) is 64.1 Å². The molecule has 0 saturated carbocycles. The molecule has 1 N–H and O–H groups in total. The number of pyridine rings is 1. The Bertz CT molecular complexity index is 1340. The molecular formula is C23H13F6N3O2S. The molecule has 0 atom stereocenters. The van der Waals surface area contributed by atoms with Crippen LogP contribution in [0.25, 0.3) is 22.0 Å². The number of hydroxylamine groups is 1. The predicted octanol–water partition coefficient (Wildman–Crippen LogP) is 6.63. The van der Waals surface area contributed by atoms with E-state index in [9.17, 15) is 31.1 Å². The van der Waals surface area contributed by atoms with Crippen LogP contribution in [0.2, 0.25) is 0 Å². The highest BCUT2D eigenvalue weighted by atomic mass is 32.1. The molecule has 2 aromatic heterocycles. The van der Waals surface area contributed by atoms with Gasteiger partial charge in [0.1, 0.15) is 15.6 Å². The Balaban J connectivity index is 1.79. The molecule has 180 valence electrons. The first-order chi connectivity index (χ1) is 16.5. The molecule has 0 bridgehead atoms. The van der Waals surface area contributed by atoms with Crippen LogP contribution in [0.4, 0.5) is 26.3 Å². The van der Waals surface area contributed by atoms with Crippen molar-refractivity contribution in [1.82, 2.24) is 15.4 Å². The Kier molecular flexibility index (Phi) is 6.48. The monoisotopic (exact) mass is 509 g/mol. The fourth-order valence-corrected chi connectivity index (χ4v) is 3.98. The Morgan fingerprint density at radius 3 is 2.23 bits per heavy atom. The summed E-state index contributed by atoms with van der Waals surface area (Å²) in [5.74, 6) is -1.03. The van der Waals surface area contributed by atoms with Crippen LogP contribution < -0.4 is 10.3 Å². The van der Waals surface area contributed by atoms with Gasteiger partial charge in [0.15, 0.2) is 5.75 Å². The molecule has 0 fully saturated rings. The van der Waals surface area contributed by atoms with E-state index in [1.165, 1.54) is 36.5 Å². The second-order valence-corrected chi connectivity index (χ2v) is 8.02. The maximum absolute atomic E-state index is 13.7. The molecule has 0 saturated heterocycles. The van der Waals surface area contributed by atoms with Crippen LogP contribution in [0.1, 0.15) is 20.8 Å². The van der Waals surface area contributed by atoms with Crippen molar-refractivity contribution >= 4 is 17.2 Å². The highest BCUT2D eigenvalue weighted by Gasteiger charge is 2.39. The summed E-state index contributed by atoms with van der Waals surface area (Å²) in [4.78, 5) is 24.2. The number of alkyl halides is 6. The number of rotatable bonds is 5. The minimum Gasteiger partial charge on any atom is -0.378 e. The third-order valence-corrected chi connectivity index (χ3v) is 5.75. The van der Waals surface area contributed by atoms with E-state index in [4.69, 9.17) is 4.84 Å². The van der Waals surface area contributed by atoms with Gasteiger partial charge in [0.25, 0.3) is 5.91 Å². The van der Waals surface area contributed by atoms with Gasteiger partial charge >= 0.3 is 12.4 Å². The van der Waals surface area contributed by atoms with E-state index < -0.39 is 39.4 Å². The largest absolute Gasteiger partial charge is 0.427 e. The summed E-state index contributed by atoms with van der Waals surface area (Å²) in [6, 6.07) is 14.3. The van der Waals surface area contributed by atoms with Crippen molar-refractivity contribution < 1.29 is 36.0 Å². The average molecular weight is 509 g/mol. The fraction of sp³-hybridized carbons (Fsp3) is 0.0870. The number of benzene rings is 2. The zero-order valence-corrected chi connectivity index (χ0v) is 18.1. The maximum Gasteiger partial charge on any atom is 0.427 e. The van der Waals surface area contributed by atoms with Gasteiger partial charge in [-0.1, -0.05) is 24.3 Å². The number of halogens is 6. The first kappa shape index (κ1) is 24.2. The molecule has 0 aliphatic carbocycles. The third kappa shape index (κ3) is 5.43. The quantitative estimate of drug-likeness (QED) is 0.242. The van der Waals surface area contributed by atoms with E-state index >= 15 is 0 Å². The number of carbonyl (C=O) groups excluding carboxylic acids is 1. The lowest BCUT2D eigenvalue weighted by Crippen LogP contribution is -2.27. The zero-order valence-electron chi connectivity index (χ0n) is 17.3. The maximum atomic E-state index is 13.7.